The SMILES string of the molecule is CCNCC1CCCN(Cc2cc(F)cc(F)c2)C1. The number of nitrogens with one attached hydrogen (secondary N) is 1. The second kappa shape index (κ2) is 6.96. The Labute approximate surface area is 113 Å². The Morgan fingerprint density at radius 2 is 2.00 bits per heavy atom. The van der Waals surface area contributed by atoms with Gasteiger partial charge in [0.05, 0.1) is 0 Å². The van der Waals surface area contributed by atoms with E-state index in [2.05, 4.69) is 17.1 Å². The molecular formula is C15H22F2N2. The molecule has 1 N–H and O–H groups in total. The van der Waals surface area contributed by atoms with Crippen LogP contribution in [-0.4, -0.2) is 31.1 Å². The van der Waals surface area contributed by atoms with Crippen LogP contribution in [0.5, 0.6) is 0 Å². The molecule has 0 bridgehead atoms. The van der Waals surface area contributed by atoms with Gasteiger partial charge in [-0.25, -0.2) is 8.78 Å². The summed E-state index contributed by atoms with van der Waals surface area (Å²) in [6, 6.07) is 3.78. The molecule has 1 aromatic carbocycles. The number of rotatable bonds is 5. The van der Waals surface area contributed by atoms with Gasteiger partial charge in [0, 0.05) is 19.2 Å². The highest BCUT2D eigenvalue weighted by molar-refractivity contribution is 5.17. The second-order valence-electron chi connectivity index (χ2n) is 5.33. The molecule has 1 atom stereocenters. The minimum Gasteiger partial charge on any atom is -0.317 e. The highest BCUT2D eigenvalue weighted by atomic mass is 19.1. The van der Waals surface area contributed by atoms with Crippen molar-refractivity contribution >= 4 is 0 Å². The molecule has 1 saturated heterocycles. The van der Waals surface area contributed by atoms with E-state index in [-0.39, 0.29) is 0 Å². The number of hydrogen-bond acceptors (Lipinski definition) is 2. The molecule has 1 aliphatic heterocycles. The molecule has 0 aromatic heterocycles. The maximum absolute atomic E-state index is 13.2. The normalized spacial score (nSPS) is 20.7. The molecule has 1 fully saturated rings. The zero-order valence-corrected chi connectivity index (χ0v) is 11.5. The van der Waals surface area contributed by atoms with Crippen LogP contribution < -0.4 is 5.32 Å². The first-order valence-electron chi connectivity index (χ1n) is 7.05. The largest absolute Gasteiger partial charge is 0.317 e. The van der Waals surface area contributed by atoms with Gasteiger partial charge in [0.15, 0.2) is 0 Å². The second-order valence-corrected chi connectivity index (χ2v) is 5.33. The van der Waals surface area contributed by atoms with E-state index < -0.39 is 11.6 Å². The van der Waals surface area contributed by atoms with Crippen LogP contribution in [0.15, 0.2) is 18.2 Å². The summed E-state index contributed by atoms with van der Waals surface area (Å²) in [5, 5.41) is 3.37. The monoisotopic (exact) mass is 268 g/mol. The highest BCUT2D eigenvalue weighted by Crippen LogP contribution is 2.19. The predicted octanol–water partition coefficient (Wildman–Crippen LogP) is 2.79. The zero-order chi connectivity index (χ0) is 13.7. The fourth-order valence-electron chi connectivity index (χ4n) is 2.77. The lowest BCUT2D eigenvalue weighted by atomic mass is 9.97. The van der Waals surface area contributed by atoms with Gasteiger partial charge in [-0.05, 0) is 56.1 Å². The molecule has 2 rings (SSSR count). The molecular weight excluding hydrogens is 246 g/mol. The third-order valence-corrected chi connectivity index (χ3v) is 3.61. The van der Waals surface area contributed by atoms with Gasteiger partial charge in [0.25, 0.3) is 0 Å². The van der Waals surface area contributed by atoms with Crippen LogP contribution in [0.1, 0.15) is 25.3 Å². The first kappa shape index (κ1) is 14.4. The molecule has 0 radical (unpaired) electrons. The number of nitrogens with zero attached hydrogens (tertiary/aromatic N) is 1. The van der Waals surface area contributed by atoms with Crippen molar-refractivity contribution in [3.05, 3.63) is 35.4 Å². The van der Waals surface area contributed by atoms with E-state index in [1.54, 1.807) is 0 Å². The summed E-state index contributed by atoms with van der Waals surface area (Å²) in [6.07, 6.45) is 2.40. The van der Waals surface area contributed by atoms with E-state index in [0.717, 1.165) is 44.2 Å². The van der Waals surface area contributed by atoms with Crippen molar-refractivity contribution in [2.45, 2.75) is 26.3 Å². The maximum atomic E-state index is 13.2. The van der Waals surface area contributed by atoms with Crippen LogP contribution >= 0.6 is 0 Å². The van der Waals surface area contributed by atoms with E-state index >= 15 is 0 Å². The Balaban J connectivity index is 1.91. The van der Waals surface area contributed by atoms with E-state index in [1.807, 2.05) is 0 Å². The summed E-state index contributed by atoms with van der Waals surface area (Å²) in [4.78, 5) is 2.29. The summed E-state index contributed by atoms with van der Waals surface area (Å²) in [5.74, 6) is -0.334. The average molecular weight is 268 g/mol. The molecule has 0 saturated carbocycles. The van der Waals surface area contributed by atoms with Crippen LogP contribution in [0.2, 0.25) is 0 Å². The Kier molecular flexibility index (Phi) is 5.28. The standard InChI is InChI=1S/C15H22F2N2/c1-2-18-9-12-4-3-5-19(10-12)11-13-6-14(16)8-15(17)7-13/h6-8,12,18H,2-5,9-11H2,1H3. The van der Waals surface area contributed by atoms with Crippen molar-refractivity contribution in [3.8, 4) is 0 Å². The van der Waals surface area contributed by atoms with Gasteiger partial charge < -0.3 is 5.32 Å². The topological polar surface area (TPSA) is 15.3 Å². The van der Waals surface area contributed by atoms with E-state index in [1.165, 1.54) is 18.6 Å². The number of benzene rings is 1. The Bertz CT molecular complexity index is 389. The molecule has 0 spiro atoms. The lowest BCUT2D eigenvalue weighted by molar-refractivity contribution is 0.165. The van der Waals surface area contributed by atoms with Crippen molar-refractivity contribution in [2.75, 3.05) is 26.2 Å². The third kappa shape index (κ3) is 4.55. The van der Waals surface area contributed by atoms with Crippen molar-refractivity contribution in [3.63, 3.8) is 0 Å². The van der Waals surface area contributed by atoms with E-state index in [4.69, 9.17) is 0 Å². The van der Waals surface area contributed by atoms with Crippen molar-refractivity contribution in [2.24, 2.45) is 5.92 Å². The number of piperidine rings is 1. The number of hydrogen-bond donors (Lipinski definition) is 1. The lowest BCUT2D eigenvalue weighted by Crippen LogP contribution is -2.39. The average Bonchev–Trinajstić information content (AvgIpc) is 2.35. The first-order chi connectivity index (χ1) is 9.17. The van der Waals surface area contributed by atoms with Gasteiger partial charge in [-0.3, -0.25) is 4.90 Å². The van der Waals surface area contributed by atoms with E-state index in [9.17, 15) is 8.78 Å². The van der Waals surface area contributed by atoms with Crippen LogP contribution in [-0.2, 0) is 6.54 Å². The molecule has 19 heavy (non-hydrogen) atoms. The summed E-state index contributed by atoms with van der Waals surface area (Å²) in [5.41, 5.74) is 0.724. The highest BCUT2D eigenvalue weighted by Gasteiger charge is 2.19. The fourth-order valence-corrected chi connectivity index (χ4v) is 2.77. The summed E-state index contributed by atoms with van der Waals surface area (Å²) >= 11 is 0. The Morgan fingerprint density at radius 1 is 1.26 bits per heavy atom. The molecule has 4 heteroatoms. The van der Waals surface area contributed by atoms with Crippen LogP contribution in [0, 0.1) is 17.6 Å². The van der Waals surface area contributed by atoms with E-state index in [0.29, 0.717) is 12.5 Å². The van der Waals surface area contributed by atoms with Gasteiger partial charge in [0.2, 0.25) is 0 Å². The Morgan fingerprint density at radius 3 is 2.68 bits per heavy atom. The predicted molar refractivity (Wildman–Crippen MR) is 72.9 cm³/mol. The molecule has 1 unspecified atom stereocenters. The van der Waals surface area contributed by atoms with Gasteiger partial charge in [-0.1, -0.05) is 6.92 Å². The number of likely N-dealkylation sites (tertiary alicyclic amines) is 1. The van der Waals surface area contributed by atoms with Gasteiger partial charge in [-0.2, -0.15) is 0 Å². The van der Waals surface area contributed by atoms with Crippen LogP contribution in [0.3, 0.4) is 0 Å². The molecule has 0 aliphatic carbocycles. The van der Waals surface area contributed by atoms with Crippen molar-refractivity contribution < 1.29 is 8.78 Å². The Hall–Kier alpha value is -1.00. The summed E-state index contributed by atoms with van der Waals surface area (Å²) < 4.78 is 26.3. The minimum absolute atomic E-state index is 0.490. The van der Waals surface area contributed by atoms with Crippen LogP contribution in [0.4, 0.5) is 8.78 Å². The quantitative estimate of drug-likeness (QED) is 0.883. The van der Waals surface area contributed by atoms with Gasteiger partial charge in [0.1, 0.15) is 11.6 Å². The molecule has 1 aromatic rings. The van der Waals surface area contributed by atoms with Crippen molar-refractivity contribution in [1.29, 1.82) is 0 Å². The molecule has 0 amide bonds. The van der Waals surface area contributed by atoms with Gasteiger partial charge in [-0.15, -0.1) is 0 Å². The minimum atomic E-state index is -0.490. The maximum Gasteiger partial charge on any atom is 0.126 e. The molecule has 1 heterocycles. The summed E-state index contributed by atoms with van der Waals surface area (Å²) in [7, 11) is 0. The molecule has 2 nitrogen and oxygen atoms in total. The lowest BCUT2D eigenvalue weighted by Gasteiger charge is -2.32. The first-order valence-corrected chi connectivity index (χ1v) is 7.05. The van der Waals surface area contributed by atoms with Gasteiger partial charge >= 0.3 is 0 Å². The number of halogens is 2. The third-order valence-electron chi connectivity index (χ3n) is 3.61. The van der Waals surface area contributed by atoms with Crippen molar-refractivity contribution in [1.82, 2.24) is 10.2 Å². The smallest absolute Gasteiger partial charge is 0.126 e. The fraction of sp³-hybridized carbons (Fsp3) is 0.600. The zero-order valence-electron chi connectivity index (χ0n) is 11.5. The molecule has 106 valence electrons. The summed E-state index contributed by atoms with van der Waals surface area (Å²) in [6.45, 7) is 6.79. The van der Waals surface area contributed by atoms with Crippen LogP contribution in [0.25, 0.3) is 0 Å². The molecule has 1 aliphatic rings.